The molecule has 0 spiro atoms. The van der Waals surface area contributed by atoms with Crippen LogP contribution in [0, 0.1) is 0 Å². The first-order valence-electron chi connectivity index (χ1n) is 7.22. The van der Waals surface area contributed by atoms with E-state index in [-0.39, 0.29) is 12.5 Å². The maximum atomic E-state index is 12.5. The topological polar surface area (TPSA) is 66.8 Å². The number of aliphatic hydroxyl groups excluding tert-OH is 1. The lowest BCUT2D eigenvalue weighted by Crippen LogP contribution is -2.33. The zero-order chi connectivity index (χ0) is 15.7. The summed E-state index contributed by atoms with van der Waals surface area (Å²) in [6, 6.07) is 6.56. The number of hydrogen-bond donors (Lipinski definition) is 1. The van der Waals surface area contributed by atoms with Gasteiger partial charge in [-0.25, -0.2) is 4.79 Å². The molecule has 0 radical (unpaired) electrons. The lowest BCUT2D eigenvalue weighted by Gasteiger charge is -2.22. The molecule has 1 amide bonds. The Balaban J connectivity index is 2.84. The van der Waals surface area contributed by atoms with E-state index in [1.54, 1.807) is 29.2 Å². The molecule has 5 heteroatoms. The van der Waals surface area contributed by atoms with Gasteiger partial charge in [-0.05, 0) is 37.5 Å². The molecule has 1 aromatic carbocycles. The highest BCUT2D eigenvalue weighted by Gasteiger charge is 2.16. The van der Waals surface area contributed by atoms with Crippen molar-refractivity contribution in [2.24, 2.45) is 0 Å². The van der Waals surface area contributed by atoms with Gasteiger partial charge in [0.25, 0.3) is 5.91 Å². The van der Waals surface area contributed by atoms with Crippen molar-refractivity contribution in [3.8, 4) is 0 Å². The smallest absolute Gasteiger partial charge is 0.337 e. The molecule has 5 nitrogen and oxygen atoms in total. The maximum Gasteiger partial charge on any atom is 0.337 e. The minimum Gasteiger partial charge on any atom is -0.465 e. The van der Waals surface area contributed by atoms with E-state index in [0.29, 0.717) is 30.6 Å². The number of carbonyl (C=O) groups is 2. The highest BCUT2D eigenvalue weighted by molar-refractivity contribution is 5.97. The molecule has 116 valence electrons. The van der Waals surface area contributed by atoms with Crippen molar-refractivity contribution in [3.05, 3.63) is 35.4 Å². The van der Waals surface area contributed by atoms with Crippen LogP contribution in [0.1, 0.15) is 46.9 Å². The van der Waals surface area contributed by atoms with Crippen LogP contribution in [-0.4, -0.2) is 48.7 Å². The van der Waals surface area contributed by atoms with Gasteiger partial charge in [-0.2, -0.15) is 0 Å². The quantitative estimate of drug-likeness (QED) is 0.589. The van der Waals surface area contributed by atoms with Gasteiger partial charge in [0.2, 0.25) is 0 Å². The third kappa shape index (κ3) is 5.19. The summed E-state index contributed by atoms with van der Waals surface area (Å²) in [5.41, 5.74) is 0.852. The van der Waals surface area contributed by atoms with E-state index in [0.717, 1.165) is 12.8 Å². The predicted octanol–water partition coefficient (Wildman–Crippen LogP) is 2.10. The molecule has 0 atom stereocenters. The summed E-state index contributed by atoms with van der Waals surface area (Å²) in [6.07, 6.45) is 2.30. The predicted molar refractivity (Wildman–Crippen MR) is 80.3 cm³/mol. The van der Waals surface area contributed by atoms with Gasteiger partial charge < -0.3 is 14.7 Å². The number of rotatable bonds is 8. The number of methoxy groups -OCH3 is 1. The van der Waals surface area contributed by atoms with Crippen LogP contribution in [0.25, 0.3) is 0 Å². The number of aliphatic hydroxyl groups is 1. The van der Waals surface area contributed by atoms with Gasteiger partial charge in [0, 0.05) is 25.3 Å². The van der Waals surface area contributed by atoms with Crippen molar-refractivity contribution >= 4 is 11.9 Å². The van der Waals surface area contributed by atoms with Gasteiger partial charge in [-0.15, -0.1) is 0 Å². The van der Waals surface area contributed by atoms with Crippen LogP contribution in [0.3, 0.4) is 0 Å². The molecule has 21 heavy (non-hydrogen) atoms. The molecular weight excluding hydrogens is 270 g/mol. The van der Waals surface area contributed by atoms with E-state index < -0.39 is 5.97 Å². The lowest BCUT2D eigenvalue weighted by atomic mass is 10.1. The molecule has 1 rings (SSSR count). The summed E-state index contributed by atoms with van der Waals surface area (Å²) >= 11 is 0. The lowest BCUT2D eigenvalue weighted by molar-refractivity contribution is 0.0600. The Morgan fingerprint density at radius 3 is 2.52 bits per heavy atom. The average Bonchev–Trinajstić information content (AvgIpc) is 2.53. The molecule has 0 saturated heterocycles. The first kappa shape index (κ1) is 17.2. The van der Waals surface area contributed by atoms with Crippen LogP contribution in [0.4, 0.5) is 0 Å². The molecule has 0 saturated carbocycles. The number of carbonyl (C=O) groups excluding carboxylic acids is 2. The molecule has 0 unspecified atom stereocenters. The number of benzene rings is 1. The first-order valence-corrected chi connectivity index (χ1v) is 7.22. The van der Waals surface area contributed by atoms with Gasteiger partial charge in [-0.3, -0.25) is 4.79 Å². The molecule has 0 aliphatic carbocycles. The van der Waals surface area contributed by atoms with Crippen LogP contribution in [0.5, 0.6) is 0 Å². The molecule has 0 aliphatic rings. The molecular formula is C16H23NO4. The Bertz CT molecular complexity index is 473. The van der Waals surface area contributed by atoms with Gasteiger partial charge >= 0.3 is 5.97 Å². The normalized spacial score (nSPS) is 10.2. The molecule has 0 bridgehead atoms. The largest absolute Gasteiger partial charge is 0.465 e. The number of nitrogens with zero attached hydrogens (tertiary/aromatic N) is 1. The Labute approximate surface area is 125 Å². The minimum atomic E-state index is -0.452. The van der Waals surface area contributed by atoms with E-state index >= 15 is 0 Å². The van der Waals surface area contributed by atoms with Gasteiger partial charge in [-0.1, -0.05) is 13.0 Å². The van der Waals surface area contributed by atoms with E-state index in [9.17, 15) is 9.59 Å². The van der Waals surface area contributed by atoms with Crippen molar-refractivity contribution in [2.75, 3.05) is 26.8 Å². The second kappa shape index (κ2) is 9.13. The number of amides is 1. The summed E-state index contributed by atoms with van der Waals surface area (Å²) in [4.78, 5) is 25.8. The van der Waals surface area contributed by atoms with Crippen molar-refractivity contribution in [3.63, 3.8) is 0 Å². The van der Waals surface area contributed by atoms with E-state index in [1.165, 1.54) is 7.11 Å². The summed E-state index contributed by atoms with van der Waals surface area (Å²) in [6.45, 7) is 3.41. The van der Waals surface area contributed by atoms with Gasteiger partial charge in [0.1, 0.15) is 0 Å². The zero-order valence-electron chi connectivity index (χ0n) is 12.7. The highest BCUT2D eigenvalue weighted by Crippen LogP contribution is 2.11. The van der Waals surface area contributed by atoms with Crippen molar-refractivity contribution in [2.45, 2.75) is 26.2 Å². The van der Waals surface area contributed by atoms with Gasteiger partial charge in [0.15, 0.2) is 0 Å². The Kier molecular flexibility index (Phi) is 7.46. The monoisotopic (exact) mass is 293 g/mol. The van der Waals surface area contributed by atoms with Crippen LogP contribution < -0.4 is 0 Å². The molecule has 0 fully saturated rings. The van der Waals surface area contributed by atoms with Crippen LogP contribution >= 0.6 is 0 Å². The fourth-order valence-corrected chi connectivity index (χ4v) is 2.08. The van der Waals surface area contributed by atoms with E-state index in [2.05, 4.69) is 4.74 Å². The third-order valence-corrected chi connectivity index (χ3v) is 3.15. The standard InChI is InChI=1S/C16H23NO4/c1-3-9-17(10-4-5-11-18)15(19)13-7-6-8-14(12-13)16(20)21-2/h6-8,12,18H,3-5,9-11H2,1-2H3. The summed E-state index contributed by atoms with van der Waals surface area (Å²) < 4.78 is 4.67. The minimum absolute atomic E-state index is 0.0967. The summed E-state index contributed by atoms with van der Waals surface area (Å²) in [5.74, 6) is -0.549. The number of esters is 1. The van der Waals surface area contributed by atoms with Gasteiger partial charge in [0.05, 0.1) is 12.7 Å². The number of unbranched alkanes of at least 4 members (excludes halogenated alkanes) is 1. The zero-order valence-corrected chi connectivity index (χ0v) is 12.7. The Morgan fingerprint density at radius 2 is 1.90 bits per heavy atom. The summed E-state index contributed by atoms with van der Waals surface area (Å²) in [7, 11) is 1.31. The molecule has 1 N–H and O–H groups in total. The number of ether oxygens (including phenoxy) is 1. The SMILES string of the molecule is CCCN(CCCCO)C(=O)c1cccc(C(=O)OC)c1. The van der Waals surface area contributed by atoms with Crippen molar-refractivity contribution < 1.29 is 19.4 Å². The second-order valence-electron chi connectivity index (χ2n) is 4.80. The summed E-state index contributed by atoms with van der Waals surface area (Å²) in [5, 5.41) is 8.83. The highest BCUT2D eigenvalue weighted by atomic mass is 16.5. The average molecular weight is 293 g/mol. The number of hydrogen-bond acceptors (Lipinski definition) is 4. The van der Waals surface area contributed by atoms with Crippen LogP contribution in [-0.2, 0) is 4.74 Å². The maximum absolute atomic E-state index is 12.5. The van der Waals surface area contributed by atoms with Crippen LogP contribution in [0.15, 0.2) is 24.3 Å². The third-order valence-electron chi connectivity index (χ3n) is 3.15. The Hall–Kier alpha value is -1.88. The molecule has 0 aliphatic heterocycles. The fraction of sp³-hybridized carbons (Fsp3) is 0.500. The van der Waals surface area contributed by atoms with E-state index in [4.69, 9.17) is 5.11 Å². The second-order valence-corrected chi connectivity index (χ2v) is 4.80. The van der Waals surface area contributed by atoms with Crippen molar-refractivity contribution in [1.29, 1.82) is 0 Å². The van der Waals surface area contributed by atoms with Crippen molar-refractivity contribution in [1.82, 2.24) is 4.90 Å². The molecule has 1 aromatic rings. The fourth-order valence-electron chi connectivity index (χ4n) is 2.08. The Morgan fingerprint density at radius 1 is 1.19 bits per heavy atom. The molecule has 0 aromatic heterocycles. The van der Waals surface area contributed by atoms with Crippen LogP contribution in [0.2, 0.25) is 0 Å². The molecule has 0 heterocycles. The van der Waals surface area contributed by atoms with E-state index in [1.807, 2.05) is 6.92 Å². The first-order chi connectivity index (χ1) is 10.1.